The van der Waals surface area contributed by atoms with Crippen LogP contribution in [0.25, 0.3) is 0 Å². The minimum absolute atomic E-state index is 0.00361. The number of methoxy groups -OCH3 is 1. The number of phenolic OH excluding ortho intramolecular Hbond substituents is 2. The number of Topliss-reactive ketones (excluding diaryl/α,β-unsaturated/α-hetero) is 1. The molecule has 2 fully saturated rings. The Bertz CT molecular complexity index is 1320. The van der Waals surface area contributed by atoms with Crippen LogP contribution in [0.15, 0.2) is 30.3 Å². The molecule has 1 saturated heterocycles. The second-order valence-corrected chi connectivity index (χ2v) is 11.1. The quantitative estimate of drug-likeness (QED) is 0.199. The van der Waals surface area contributed by atoms with Crippen molar-refractivity contribution in [1.82, 2.24) is 0 Å². The van der Waals surface area contributed by atoms with Crippen molar-refractivity contribution in [1.29, 1.82) is 0 Å². The van der Waals surface area contributed by atoms with Crippen molar-refractivity contribution >= 4 is 5.78 Å². The van der Waals surface area contributed by atoms with E-state index in [0.29, 0.717) is 5.56 Å². The first kappa shape index (κ1) is 31.2. The number of hydrogen-bond acceptors (Lipinski definition) is 14. The van der Waals surface area contributed by atoms with E-state index in [1.54, 1.807) is 6.07 Å². The fraction of sp³-hybridized carbons (Fsp3) is 0.552. The van der Waals surface area contributed by atoms with Gasteiger partial charge < -0.3 is 64.5 Å². The van der Waals surface area contributed by atoms with Gasteiger partial charge in [0.15, 0.2) is 23.6 Å². The van der Waals surface area contributed by atoms with Gasteiger partial charge in [-0.3, -0.25) is 4.79 Å². The highest BCUT2D eigenvalue weighted by Gasteiger charge is 2.50. The van der Waals surface area contributed by atoms with Crippen LogP contribution in [0.5, 0.6) is 28.7 Å². The second-order valence-electron chi connectivity index (χ2n) is 11.1. The molecule has 236 valence electrons. The highest BCUT2D eigenvalue weighted by molar-refractivity contribution is 6.02. The summed E-state index contributed by atoms with van der Waals surface area (Å²) in [7, 11) is 1.40. The van der Waals surface area contributed by atoms with Gasteiger partial charge in [0.1, 0.15) is 65.5 Å². The normalized spacial score (nSPS) is 36.0. The molecule has 14 heteroatoms. The lowest BCUT2D eigenvalue weighted by Gasteiger charge is -2.46. The maximum atomic E-state index is 13.0. The molecule has 0 radical (unpaired) electrons. The summed E-state index contributed by atoms with van der Waals surface area (Å²) in [4.78, 5) is 13.0. The molecule has 0 amide bonds. The third-order valence-electron chi connectivity index (χ3n) is 8.24. The summed E-state index contributed by atoms with van der Waals surface area (Å²) >= 11 is 0. The Morgan fingerprint density at radius 3 is 2.35 bits per heavy atom. The number of ether oxygens (including phenoxy) is 5. The van der Waals surface area contributed by atoms with E-state index in [1.165, 1.54) is 38.3 Å². The zero-order valence-corrected chi connectivity index (χ0v) is 23.4. The lowest BCUT2D eigenvalue weighted by molar-refractivity contribution is -0.325. The first-order valence-electron chi connectivity index (χ1n) is 13.9. The summed E-state index contributed by atoms with van der Waals surface area (Å²) in [6.07, 6.45) is -13.7. The highest BCUT2D eigenvalue weighted by Crippen LogP contribution is 2.44. The van der Waals surface area contributed by atoms with E-state index in [-0.39, 0.29) is 41.4 Å². The first-order valence-corrected chi connectivity index (χ1v) is 13.9. The van der Waals surface area contributed by atoms with Crippen LogP contribution in [-0.2, 0) is 9.47 Å². The Morgan fingerprint density at radius 1 is 0.930 bits per heavy atom. The molecule has 2 aliphatic heterocycles. The Kier molecular flexibility index (Phi) is 9.02. The Labute approximate surface area is 246 Å². The average Bonchev–Trinajstić information content (AvgIpc) is 2.97. The van der Waals surface area contributed by atoms with E-state index in [1.807, 2.05) is 0 Å². The van der Waals surface area contributed by atoms with Crippen LogP contribution in [0.1, 0.15) is 41.8 Å². The van der Waals surface area contributed by atoms with Crippen LogP contribution >= 0.6 is 0 Å². The number of phenols is 2. The number of ketones is 1. The number of aromatic hydroxyl groups is 2. The fourth-order valence-electron chi connectivity index (χ4n) is 5.76. The molecular formula is C29H36O14. The van der Waals surface area contributed by atoms with Crippen molar-refractivity contribution in [2.24, 2.45) is 5.92 Å². The van der Waals surface area contributed by atoms with Gasteiger partial charge in [-0.15, -0.1) is 0 Å². The van der Waals surface area contributed by atoms with Crippen molar-refractivity contribution in [3.63, 3.8) is 0 Å². The first-order chi connectivity index (χ1) is 20.4. The van der Waals surface area contributed by atoms with E-state index < -0.39 is 85.3 Å². The Hall–Kier alpha value is -3.21. The summed E-state index contributed by atoms with van der Waals surface area (Å²) in [5, 5.41) is 82.9. The van der Waals surface area contributed by atoms with Gasteiger partial charge in [0.05, 0.1) is 25.7 Å². The molecule has 1 unspecified atom stereocenters. The molecule has 3 aliphatic rings. The number of carbonyl (C=O) groups is 1. The van der Waals surface area contributed by atoms with Gasteiger partial charge in [0.2, 0.25) is 0 Å². The van der Waals surface area contributed by atoms with Crippen LogP contribution in [0.4, 0.5) is 0 Å². The Balaban J connectivity index is 1.41. The van der Waals surface area contributed by atoms with E-state index in [9.17, 15) is 45.6 Å². The van der Waals surface area contributed by atoms with Crippen molar-refractivity contribution < 1.29 is 69.3 Å². The molecule has 2 aromatic rings. The maximum Gasteiger partial charge on any atom is 0.187 e. The minimum Gasteiger partial charge on any atom is -0.507 e. The highest BCUT2D eigenvalue weighted by atomic mass is 16.7. The van der Waals surface area contributed by atoms with Gasteiger partial charge in [-0.05, 0) is 31.0 Å². The van der Waals surface area contributed by atoms with Gasteiger partial charge >= 0.3 is 0 Å². The van der Waals surface area contributed by atoms with Crippen LogP contribution in [-0.4, -0.2) is 115 Å². The minimum atomic E-state index is -1.70. The van der Waals surface area contributed by atoms with Gasteiger partial charge in [-0.2, -0.15) is 0 Å². The third kappa shape index (κ3) is 5.97. The molecule has 11 atom stereocenters. The molecule has 0 spiro atoms. The molecule has 1 saturated carbocycles. The standard InChI is InChI=1S/C29H36O14/c1-11-23(34)25(36)27(38)29(40-11)43-28-21(6-13(10-30)24(35)26(28)37)41-14-7-16(32)22-17(33)9-19(42-20(22)8-14)12-3-4-18(39-2)15(31)5-12/h3-5,7-8,11,13,19,21,23-32,34-38H,6,9-10H2,1-2H3/t11-,13-,19?,21-,23-,24-,25+,26+,27+,28+,29-/m1/s1. The molecule has 0 bridgehead atoms. The zero-order chi connectivity index (χ0) is 31.2. The number of carbonyl (C=O) groups excluding carboxylic acids is 1. The van der Waals surface area contributed by atoms with Crippen molar-refractivity contribution in [3.8, 4) is 28.7 Å². The number of aliphatic hydroxyl groups is 6. The molecule has 5 rings (SSSR count). The number of rotatable bonds is 7. The number of aliphatic hydroxyl groups excluding tert-OH is 6. The van der Waals surface area contributed by atoms with E-state index in [0.717, 1.165) is 0 Å². The SMILES string of the molecule is COc1ccc(C2CC(=O)c3c(O)cc(O[C@@H]4C[C@H](CO)[C@@H](O)[C@H](O)[C@H]4O[C@H]4O[C@H](C)[C@@H](O)[C@H](O)[C@@H]4O)cc3O2)cc1O. The molecule has 43 heavy (non-hydrogen) atoms. The van der Waals surface area contributed by atoms with Crippen molar-refractivity contribution in [2.75, 3.05) is 13.7 Å². The number of hydrogen-bond donors (Lipinski definition) is 8. The summed E-state index contributed by atoms with van der Waals surface area (Å²) < 4.78 is 28.5. The van der Waals surface area contributed by atoms with Crippen LogP contribution in [0.3, 0.4) is 0 Å². The van der Waals surface area contributed by atoms with E-state index in [4.69, 9.17) is 23.7 Å². The predicted octanol–water partition coefficient (Wildman–Crippen LogP) is -0.493. The van der Waals surface area contributed by atoms with E-state index >= 15 is 0 Å². The zero-order valence-electron chi connectivity index (χ0n) is 23.4. The number of fused-ring (bicyclic) bond motifs is 1. The van der Waals surface area contributed by atoms with Crippen LogP contribution in [0, 0.1) is 5.92 Å². The summed E-state index contributed by atoms with van der Waals surface area (Å²) in [6, 6.07) is 7.10. The van der Waals surface area contributed by atoms with E-state index in [2.05, 4.69) is 0 Å². The Morgan fingerprint density at radius 2 is 1.67 bits per heavy atom. The molecule has 8 N–H and O–H groups in total. The van der Waals surface area contributed by atoms with Gasteiger partial charge in [0.25, 0.3) is 0 Å². The van der Waals surface area contributed by atoms with Gasteiger partial charge in [-0.1, -0.05) is 6.07 Å². The molecule has 2 aromatic carbocycles. The fourth-order valence-corrected chi connectivity index (χ4v) is 5.76. The monoisotopic (exact) mass is 608 g/mol. The summed E-state index contributed by atoms with van der Waals surface area (Å²) in [6.45, 7) is 0.953. The molecule has 14 nitrogen and oxygen atoms in total. The van der Waals surface area contributed by atoms with Crippen LogP contribution in [0.2, 0.25) is 0 Å². The largest absolute Gasteiger partial charge is 0.507 e. The smallest absolute Gasteiger partial charge is 0.187 e. The van der Waals surface area contributed by atoms with Crippen molar-refractivity contribution in [3.05, 3.63) is 41.5 Å². The molecular weight excluding hydrogens is 572 g/mol. The molecule has 1 aliphatic carbocycles. The van der Waals surface area contributed by atoms with Gasteiger partial charge in [0, 0.05) is 24.7 Å². The average molecular weight is 609 g/mol. The summed E-state index contributed by atoms with van der Waals surface area (Å²) in [5.74, 6) is -1.60. The predicted molar refractivity (Wildman–Crippen MR) is 144 cm³/mol. The number of benzene rings is 2. The third-order valence-corrected chi connectivity index (χ3v) is 8.24. The van der Waals surface area contributed by atoms with Gasteiger partial charge in [-0.25, -0.2) is 0 Å². The molecule has 2 heterocycles. The lowest BCUT2D eigenvalue weighted by Crippen LogP contribution is -2.62. The summed E-state index contributed by atoms with van der Waals surface area (Å²) in [5.41, 5.74) is 0.418. The lowest BCUT2D eigenvalue weighted by atomic mass is 9.81. The molecule has 0 aromatic heterocycles. The topological polar surface area (TPSA) is 225 Å². The second kappa shape index (κ2) is 12.4. The maximum absolute atomic E-state index is 13.0. The van der Waals surface area contributed by atoms with Crippen molar-refractivity contribution in [2.45, 2.75) is 81.0 Å². The van der Waals surface area contributed by atoms with Crippen LogP contribution < -0.4 is 14.2 Å².